The molecule has 0 amide bonds. The first-order valence-electron chi connectivity index (χ1n) is 7.06. The monoisotopic (exact) mass is 255 g/mol. The molecular weight excluding hydrogens is 234 g/mol. The van der Waals surface area contributed by atoms with Crippen LogP contribution in [0.4, 0.5) is 5.69 Å². The Labute approximate surface area is 114 Å². The van der Waals surface area contributed by atoms with Gasteiger partial charge in [-0.15, -0.1) is 0 Å². The molecule has 0 bridgehead atoms. The van der Waals surface area contributed by atoms with Crippen molar-refractivity contribution >= 4 is 5.69 Å². The van der Waals surface area contributed by atoms with Crippen LogP contribution in [0.25, 0.3) is 0 Å². The first kappa shape index (κ1) is 12.3. The maximum atomic E-state index is 5.56. The summed E-state index contributed by atoms with van der Waals surface area (Å²) >= 11 is 0. The number of hydrogen-bond acceptors (Lipinski definition) is 2. The smallest absolute Gasteiger partial charge is 0.109 e. The second-order valence-electron chi connectivity index (χ2n) is 5.66. The van der Waals surface area contributed by atoms with E-state index in [-0.39, 0.29) is 0 Å². The number of benzene rings is 1. The quantitative estimate of drug-likeness (QED) is 0.841. The fraction of sp³-hybridized carbons (Fsp3) is 0.412. The van der Waals surface area contributed by atoms with Crippen molar-refractivity contribution in [3.63, 3.8) is 0 Å². The molecule has 1 aliphatic rings. The molecule has 0 saturated heterocycles. The third-order valence-electron chi connectivity index (χ3n) is 4.05. The van der Waals surface area contributed by atoms with Crippen LogP contribution in [-0.2, 0) is 6.42 Å². The Hall–Kier alpha value is -1.70. The van der Waals surface area contributed by atoms with Crippen molar-refractivity contribution in [2.24, 2.45) is 0 Å². The SMILES string of the molecule is Cc1cc(C)c(NC2CCCc3occc32)c(C)c1. The fourth-order valence-electron chi connectivity index (χ4n) is 3.22. The molecule has 2 aromatic rings. The molecule has 2 heteroatoms. The van der Waals surface area contributed by atoms with Gasteiger partial charge >= 0.3 is 0 Å². The van der Waals surface area contributed by atoms with Crippen molar-refractivity contribution < 1.29 is 4.42 Å². The molecule has 19 heavy (non-hydrogen) atoms. The van der Waals surface area contributed by atoms with E-state index in [1.807, 2.05) is 6.26 Å². The Morgan fingerprint density at radius 1 is 1.16 bits per heavy atom. The van der Waals surface area contributed by atoms with Crippen LogP contribution in [0, 0.1) is 20.8 Å². The summed E-state index contributed by atoms with van der Waals surface area (Å²) in [5.74, 6) is 1.16. The van der Waals surface area contributed by atoms with E-state index < -0.39 is 0 Å². The van der Waals surface area contributed by atoms with Gasteiger partial charge in [0.05, 0.1) is 12.3 Å². The predicted octanol–water partition coefficient (Wildman–Crippen LogP) is 4.69. The normalized spacial score (nSPS) is 18.2. The molecule has 0 radical (unpaired) electrons. The van der Waals surface area contributed by atoms with Gasteiger partial charge in [0, 0.05) is 17.7 Å². The number of nitrogens with one attached hydrogen (secondary N) is 1. The molecule has 0 aliphatic heterocycles. The van der Waals surface area contributed by atoms with Crippen LogP contribution in [0.2, 0.25) is 0 Å². The van der Waals surface area contributed by atoms with Gasteiger partial charge in [-0.2, -0.15) is 0 Å². The van der Waals surface area contributed by atoms with Crippen molar-refractivity contribution in [2.75, 3.05) is 5.32 Å². The Morgan fingerprint density at radius 3 is 2.63 bits per heavy atom. The molecule has 100 valence electrons. The second kappa shape index (κ2) is 4.76. The zero-order chi connectivity index (χ0) is 13.4. The van der Waals surface area contributed by atoms with Gasteiger partial charge in [-0.1, -0.05) is 17.7 Å². The van der Waals surface area contributed by atoms with E-state index >= 15 is 0 Å². The van der Waals surface area contributed by atoms with Crippen LogP contribution in [-0.4, -0.2) is 0 Å². The van der Waals surface area contributed by atoms with Crippen molar-refractivity contribution in [2.45, 2.75) is 46.1 Å². The lowest BCUT2D eigenvalue weighted by molar-refractivity contribution is 0.461. The summed E-state index contributed by atoms with van der Waals surface area (Å²) in [7, 11) is 0. The van der Waals surface area contributed by atoms with Crippen molar-refractivity contribution in [1.82, 2.24) is 0 Å². The molecule has 1 heterocycles. The summed E-state index contributed by atoms with van der Waals surface area (Å²) < 4.78 is 5.56. The Kier molecular flexibility index (Phi) is 3.09. The van der Waals surface area contributed by atoms with Crippen LogP contribution in [0.1, 0.15) is 46.9 Å². The second-order valence-corrected chi connectivity index (χ2v) is 5.66. The highest BCUT2D eigenvalue weighted by molar-refractivity contribution is 5.59. The molecule has 1 aliphatic carbocycles. The van der Waals surface area contributed by atoms with Gasteiger partial charge in [0.15, 0.2) is 0 Å². The van der Waals surface area contributed by atoms with Crippen LogP contribution >= 0.6 is 0 Å². The van der Waals surface area contributed by atoms with E-state index in [9.17, 15) is 0 Å². The molecule has 1 aromatic heterocycles. The standard InChI is InChI=1S/C17H21NO/c1-11-9-12(2)17(13(3)10-11)18-15-5-4-6-16-14(15)7-8-19-16/h7-10,15,18H,4-6H2,1-3H3. The minimum absolute atomic E-state index is 0.391. The summed E-state index contributed by atoms with van der Waals surface area (Å²) in [5.41, 5.74) is 6.60. The number of fused-ring (bicyclic) bond motifs is 1. The van der Waals surface area contributed by atoms with Crippen LogP contribution in [0.3, 0.4) is 0 Å². The molecule has 1 aromatic carbocycles. The topological polar surface area (TPSA) is 25.2 Å². The van der Waals surface area contributed by atoms with Gasteiger partial charge in [-0.25, -0.2) is 0 Å². The summed E-state index contributed by atoms with van der Waals surface area (Å²) in [6, 6.07) is 7.00. The first-order chi connectivity index (χ1) is 9.15. The number of rotatable bonds is 2. The van der Waals surface area contributed by atoms with E-state index in [1.165, 1.54) is 40.8 Å². The lowest BCUT2D eigenvalue weighted by Gasteiger charge is -2.26. The maximum absolute atomic E-state index is 5.56. The van der Waals surface area contributed by atoms with Gasteiger partial charge in [0.1, 0.15) is 5.76 Å². The summed E-state index contributed by atoms with van der Waals surface area (Å²) in [4.78, 5) is 0. The summed E-state index contributed by atoms with van der Waals surface area (Å²) in [6.45, 7) is 6.52. The Morgan fingerprint density at radius 2 is 1.89 bits per heavy atom. The minimum Gasteiger partial charge on any atom is -0.469 e. The zero-order valence-electron chi connectivity index (χ0n) is 11.9. The molecule has 1 unspecified atom stereocenters. The molecule has 1 N–H and O–H groups in total. The minimum atomic E-state index is 0.391. The fourth-order valence-corrected chi connectivity index (χ4v) is 3.22. The van der Waals surface area contributed by atoms with Crippen LogP contribution in [0.15, 0.2) is 28.9 Å². The zero-order valence-corrected chi connectivity index (χ0v) is 11.9. The number of anilines is 1. The highest BCUT2D eigenvalue weighted by Gasteiger charge is 2.23. The lowest BCUT2D eigenvalue weighted by atomic mass is 9.92. The maximum Gasteiger partial charge on any atom is 0.109 e. The molecule has 0 saturated carbocycles. The van der Waals surface area contributed by atoms with E-state index in [0.717, 1.165) is 12.2 Å². The molecular formula is C17H21NO. The molecule has 0 spiro atoms. The van der Waals surface area contributed by atoms with Crippen LogP contribution in [0.5, 0.6) is 0 Å². The lowest BCUT2D eigenvalue weighted by Crippen LogP contribution is -2.17. The largest absolute Gasteiger partial charge is 0.469 e. The molecule has 2 nitrogen and oxygen atoms in total. The van der Waals surface area contributed by atoms with E-state index in [4.69, 9.17) is 4.42 Å². The highest BCUT2D eigenvalue weighted by Crippen LogP contribution is 2.35. The van der Waals surface area contributed by atoms with E-state index in [0.29, 0.717) is 6.04 Å². The average Bonchev–Trinajstić information content (AvgIpc) is 2.82. The molecule has 1 atom stereocenters. The van der Waals surface area contributed by atoms with Gasteiger partial charge in [-0.05, 0) is 50.8 Å². The van der Waals surface area contributed by atoms with Gasteiger partial charge in [0.2, 0.25) is 0 Å². The van der Waals surface area contributed by atoms with Crippen LogP contribution < -0.4 is 5.32 Å². The van der Waals surface area contributed by atoms with Gasteiger partial charge in [0.25, 0.3) is 0 Å². The van der Waals surface area contributed by atoms with Crippen molar-refractivity contribution in [3.05, 3.63) is 52.5 Å². The Balaban J connectivity index is 1.92. The van der Waals surface area contributed by atoms with Gasteiger partial charge < -0.3 is 9.73 Å². The first-order valence-corrected chi connectivity index (χ1v) is 7.06. The van der Waals surface area contributed by atoms with Crippen molar-refractivity contribution in [3.8, 4) is 0 Å². The number of hydrogen-bond donors (Lipinski definition) is 1. The third-order valence-corrected chi connectivity index (χ3v) is 4.05. The Bertz CT molecular complexity index is 574. The summed E-state index contributed by atoms with van der Waals surface area (Å²) in [5, 5.41) is 3.73. The highest BCUT2D eigenvalue weighted by atomic mass is 16.3. The van der Waals surface area contributed by atoms with E-state index in [2.05, 4.69) is 44.3 Å². The average molecular weight is 255 g/mol. The predicted molar refractivity (Wildman–Crippen MR) is 78.7 cm³/mol. The molecule has 3 rings (SSSR count). The third kappa shape index (κ3) is 2.27. The molecule has 0 fully saturated rings. The summed E-state index contributed by atoms with van der Waals surface area (Å²) in [6.07, 6.45) is 5.27. The van der Waals surface area contributed by atoms with E-state index in [1.54, 1.807) is 0 Å². The van der Waals surface area contributed by atoms with Gasteiger partial charge in [-0.3, -0.25) is 0 Å². The van der Waals surface area contributed by atoms with Crippen molar-refractivity contribution in [1.29, 1.82) is 0 Å². The number of aryl methyl sites for hydroxylation is 4. The number of furan rings is 1.